The van der Waals surface area contributed by atoms with Gasteiger partial charge >= 0.3 is 0 Å². The molecule has 0 saturated heterocycles. The van der Waals surface area contributed by atoms with E-state index in [1.165, 1.54) is 0 Å². The number of hydrogen-bond donors (Lipinski definition) is 3. The highest BCUT2D eigenvalue weighted by atomic mass is 16.3. The van der Waals surface area contributed by atoms with Gasteiger partial charge in [0.05, 0.1) is 24.9 Å². The molecule has 1 aliphatic rings. The maximum Gasteiger partial charge on any atom is 0.217 e. The quantitative estimate of drug-likeness (QED) is 0.648. The van der Waals surface area contributed by atoms with E-state index in [1.54, 1.807) is 12.7 Å². The first-order valence-electron chi connectivity index (χ1n) is 6.44. The van der Waals surface area contributed by atoms with Crippen LogP contribution in [0.2, 0.25) is 0 Å². The summed E-state index contributed by atoms with van der Waals surface area (Å²) in [6.07, 6.45) is 5.72. The number of nitrogens with zero attached hydrogens (tertiary/aromatic N) is 3. The van der Waals surface area contributed by atoms with Crippen molar-refractivity contribution in [3.8, 4) is 0 Å². The summed E-state index contributed by atoms with van der Waals surface area (Å²) in [6.45, 7) is 1.10. The second kappa shape index (κ2) is 6.33. The molecule has 2 heterocycles. The first kappa shape index (κ1) is 13.5. The Labute approximate surface area is 111 Å². The molecule has 0 spiro atoms. The molecule has 2 rings (SSSR count). The Balaban J connectivity index is 1.88. The number of amides is 1. The molecule has 0 fully saturated rings. The summed E-state index contributed by atoms with van der Waals surface area (Å²) in [6, 6.07) is 0. The Hall–Kier alpha value is -1.89. The number of carbonyl (C=O) groups excluding carboxylic acids is 1. The molecular formula is C12H19N5O2. The van der Waals surface area contributed by atoms with Gasteiger partial charge in [-0.2, -0.15) is 0 Å². The van der Waals surface area contributed by atoms with Crippen molar-refractivity contribution in [1.29, 1.82) is 0 Å². The van der Waals surface area contributed by atoms with Crippen molar-refractivity contribution in [2.24, 2.45) is 10.7 Å². The number of nitrogens with two attached hydrogens (primary N) is 1. The van der Waals surface area contributed by atoms with Gasteiger partial charge in [0.15, 0.2) is 5.82 Å². The molecule has 1 amide bonds. The van der Waals surface area contributed by atoms with E-state index >= 15 is 0 Å². The molecule has 1 aliphatic heterocycles. The van der Waals surface area contributed by atoms with Crippen molar-refractivity contribution in [2.75, 3.05) is 11.9 Å². The van der Waals surface area contributed by atoms with Gasteiger partial charge in [-0.1, -0.05) is 6.42 Å². The number of rotatable bonds is 6. The summed E-state index contributed by atoms with van der Waals surface area (Å²) >= 11 is 0. The Kier molecular flexibility index (Phi) is 4.51. The molecule has 0 bridgehead atoms. The highest BCUT2D eigenvalue weighted by Crippen LogP contribution is 2.24. The number of aryl methyl sites for hydroxylation is 1. The van der Waals surface area contributed by atoms with Crippen molar-refractivity contribution in [1.82, 2.24) is 9.55 Å². The normalized spacial score (nSPS) is 17.6. The van der Waals surface area contributed by atoms with E-state index in [2.05, 4.69) is 15.3 Å². The van der Waals surface area contributed by atoms with Crippen molar-refractivity contribution >= 4 is 18.1 Å². The fourth-order valence-corrected chi connectivity index (χ4v) is 2.13. The van der Waals surface area contributed by atoms with Gasteiger partial charge in [-0.3, -0.25) is 9.79 Å². The van der Waals surface area contributed by atoms with Crippen LogP contribution in [0.15, 0.2) is 11.3 Å². The Morgan fingerprint density at radius 1 is 1.53 bits per heavy atom. The molecule has 104 valence electrons. The van der Waals surface area contributed by atoms with E-state index in [0.29, 0.717) is 18.8 Å². The molecule has 1 aromatic heterocycles. The number of aliphatic hydroxyl groups excluding tert-OH is 1. The van der Waals surface area contributed by atoms with Gasteiger partial charge in [0.25, 0.3) is 0 Å². The van der Waals surface area contributed by atoms with E-state index < -0.39 is 6.10 Å². The van der Waals surface area contributed by atoms with Crippen LogP contribution < -0.4 is 11.1 Å². The zero-order valence-corrected chi connectivity index (χ0v) is 10.7. The molecule has 0 aromatic carbocycles. The van der Waals surface area contributed by atoms with Gasteiger partial charge in [-0.05, 0) is 12.8 Å². The van der Waals surface area contributed by atoms with Crippen LogP contribution in [0.1, 0.15) is 37.5 Å². The molecule has 0 radical (unpaired) electrons. The van der Waals surface area contributed by atoms with Gasteiger partial charge in [-0.25, -0.2) is 4.98 Å². The number of unbranched alkanes of at least 4 members (excludes halogenated alkanes) is 2. The van der Waals surface area contributed by atoms with Gasteiger partial charge in [-0.15, -0.1) is 0 Å². The molecule has 7 heteroatoms. The zero-order valence-electron chi connectivity index (χ0n) is 10.7. The highest BCUT2D eigenvalue weighted by molar-refractivity contribution is 5.76. The molecule has 1 unspecified atom stereocenters. The number of aromatic nitrogens is 2. The predicted octanol–water partition coefficient (Wildman–Crippen LogP) is 0.416. The lowest BCUT2D eigenvalue weighted by molar-refractivity contribution is -0.118. The fraction of sp³-hybridized carbons (Fsp3) is 0.583. The number of hydrogen-bond acceptors (Lipinski definition) is 5. The van der Waals surface area contributed by atoms with Crippen LogP contribution in [0.25, 0.3) is 0 Å². The molecule has 4 N–H and O–H groups in total. The number of imidazole rings is 1. The second-order valence-electron chi connectivity index (χ2n) is 4.60. The lowest BCUT2D eigenvalue weighted by Gasteiger charge is -2.12. The Morgan fingerprint density at radius 3 is 3.16 bits per heavy atom. The summed E-state index contributed by atoms with van der Waals surface area (Å²) in [7, 11) is 0. The average Bonchev–Trinajstić information content (AvgIpc) is 2.67. The summed E-state index contributed by atoms with van der Waals surface area (Å²) < 4.78 is 1.94. The minimum atomic E-state index is -0.630. The number of carbonyl (C=O) groups is 1. The van der Waals surface area contributed by atoms with E-state index in [0.717, 1.165) is 31.5 Å². The lowest BCUT2D eigenvalue weighted by atomic mass is 10.2. The van der Waals surface area contributed by atoms with Gasteiger partial charge in [0.1, 0.15) is 6.10 Å². The molecule has 0 aliphatic carbocycles. The smallest absolute Gasteiger partial charge is 0.217 e. The standard InChI is InChI=1S/C12H19N5O2/c13-10(19)4-2-1-3-5-17-8-16-12-11(17)9(18)6-14-7-15-12/h7-9,18H,1-6H2,(H2,13,19)(H,14,15). The average molecular weight is 265 g/mol. The highest BCUT2D eigenvalue weighted by Gasteiger charge is 2.20. The maximum atomic E-state index is 10.6. The van der Waals surface area contributed by atoms with Crippen LogP contribution in [-0.2, 0) is 11.3 Å². The fourth-order valence-electron chi connectivity index (χ4n) is 2.13. The van der Waals surface area contributed by atoms with E-state index in [9.17, 15) is 9.90 Å². The molecule has 19 heavy (non-hydrogen) atoms. The molecule has 1 aromatic rings. The summed E-state index contributed by atoms with van der Waals surface area (Å²) in [5.41, 5.74) is 5.86. The van der Waals surface area contributed by atoms with Gasteiger partial charge in [0, 0.05) is 13.0 Å². The van der Waals surface area contributed by atoms with E-state index in [1.807, 2.05) is 4.57 Å². The van der Waals surface area contributed by atoms with Crippen molar-refractivity contribution in [3.05, 3.63) is 12.0 Å². The number of anilines is 1. The third-order valence-electron chi connectivity index (χ3n) is 3.09. The van der Waals surface area contributed by atoms with Crippen molar-refractivity contribution in [2.45, 2.75) is 38.3 Å². The maximum absolute atomic E-state index is 10.6. The predicted molar refractivity (Wildman–Crippen MR) is 71.8 cm³/mol. The summed E-state index contributed by atoms with van der Waals surface area (Å²) in [4.78, 5) is 18.9. The number of fused-ring (bicyclic) bond motifs is 1. The van der Waals surface area contributed by atoms with Crippen molar-refractivity contribution in [3.63, 3.8) is 0 Å². The molecule has 1 atom stereocenters. The lowest BCUT2D eigenvalue weighted by Crippen LogP contribution is -2.11. The largest absolute Gasteiger partial charge is 0.385 e. The summed E-state index contributed by atoms with van der Waals surface area (Å²) in [5.74, 6) is 0.402. The minimum absolute atomic E-state index is 0.256. The van der Waals surface area contributed by atoms with Crippen LogP contribution in [0.3, 0.4) is 0 Å². The van der Waals surface area contributed by atoms with Crippen LogP contribution >= 0.6 is 0 Å². The third kappa shape index (κ3) is 3.54. The number of aliphatic imine (C=N–C) groups is 1. The van der Waals surface area contributed by atoms with E-state index in [4.69, 9.17) is 5.73 Å². The summed E-state index contributed by atoms with van der Waals surface area (Å²) in [5, 5.41) is 13.0. The molecule has 7 nitrogen and oxygen atoms in total. The first-order valence-corrected chi connectivity index (χ1v) is 6.44. The van der Waals surface area contributed by atoms with Crippen LogP contribution in [0.4, 0.5) is 5.82 Å². The SMILES string of the molecule is NC(=O)CCCCCn1cnc2c1C(O)CN=CN2. The monoisotopic (exact) mass is 265 g/mol. The number of primary amides is 1. The van der Waals surface area contributed by atoms with E-state index in [-0.39, 0.29) is 5.91 Å². The van der Waals surface area contributed by atoms with Crippen LogP contribution in [0.5, 0.6) is 0 Å². The molecule has 0 saturated carbocycles. The van der Waals surface area contributed by atoms with Crippen molar-refractivity contribution < 1.29 is 9.90 Å². The second-order valence-corrected chi connectivity index (χ2v) is 4.60. The first-order chi connectivity index (χ1) is 9.18. The molecular weight excluding hydrogens is 246 g/mol. The zero-order chi connectivity index (χ0) is 13.7. The van der Waals surface area contributed by atoms with Crippen LogP contribution in [0, 0.1) is 0 Å². The minimum Gasteiger partial charge on any atom is -0.385 e. The Bertz CT molecular complexity index is 469. The number of aliphatic hydroxyl groups is 1. The van der Waals surface area contributed by atoms with Gasteiger partial charge < -0.3 is 20.7 Å². The van der Waals surface area contributed by atoms with Crippen LogP contribution in [-0.4, -0.2) is 33.4 Å². The Morgan fingerprint density at radius 2 is 2.37 bits per heavy atom. The van der Waals surface area contributed by atoms with Gasteiger partial charge in [0.2, 0.25) is 5.91 Å². The number of nitrogens with one attached hydrogen (secondary N) is 1. The third-order valence-corrected chi connectivity index (χ3v) is 3.09. The topological polar surface area (TPSA) is 106 Å².